The SMILES string of the molecule is O=C(O)CN(CC(=O)N1CCC(C(=O)O)CC1)C1CCCCC1. The summed E-state index contributed by atoms with van der Waals surface area (Å²) in [6, 6.07) is 0.167. The first-order valence-electron chi connectivity index (χ1n) is 8.44. The molecule has 7 heteroatoms. The summed E-state index contributed by atoms with van der Waals surface area (Å²) in [7, 11) is 0. The molecule has 7 nitrogen and oxygen atoms in total. The molecular formula is C16H26N2O5. The number of amides is 1. The minimum absolute atomic E-state index is 0.0827. The summed E-state index contributed by atoms with van der Waals surface area (Å²) < 4.78 is 0. The van der Waals surface area contributed by atoms with Crippen LogP contribution in [-0.4, -0.2) is 70.1 Å². The van der Waals surface area contributed by atoms with Gasteiger partial charge in [-0.1, -0.05) is 19.3 Å². The number of nitrogens with zero attached hydrogens (tertiary/aromatic N) is 2. The summed E-state index contributed by atoms with van der Waals surface area (Å²) in [5, 5.41) is 18.1. The fourth-order valence-electron chi connectivity index (χ4n) is 3.58. The number of hydrogen-bond donors (Lipinski definition) is 2. The molecule has 2 N–H and O–H groups in total. The normalized spacial score (nSPS) is 20.7. The molecule has 0 radical (unpaired) electrons. The molecule has 1 heterocycles. The largest absolute Gasteiger partial charge is 0.481 e. The van der Waals surface area contributed by atoms with Crippen LogP contribution in [0.4, 0.5) is 0 Å². The molecule has 1 aliphatic heterocycles. The van der Waals surface area contributed by atoms with Crippen molar-refractivity contribution in [2.24, 2.45) is 5.92 Å². The number of aliphatic carboxylic acids is 2. The van der Waals surface area contributed by atoms with Gasteiger partial charge in [-0.25, -0.2) is 0 Å². The van der Waals surface area contributed by atoms with E-state index in [0.717, 1.165) is 25.7 Å². The van der Waals surface area contributed by atoms with Crippen LogP contribution in [0.5, 0.6) is 0 Å². The van der Waals surface area contributed by atoms with E-state index in [0.29, 0.717) is 25.9 Å². The van der Waals surface area contributed by atoms with Gasteiger partial charge in [0.1, 0.15) is 0 Å². The van der Waals surface area contributed by atoms with Crippen LogP contribution >= 0.6 is 0 Å². The Morgan fingerprint density at radius 2 is 1.52 bits per heavy atom. The lowest BCUT2D eigenvalue weighted by Gasteiger charge is -2.36. The van der Waals surface area contributed by atoms with E-state index in [-0.39, 0.29) is 31.0 Å². The van der Waals surface area contributed by atoms with Crippen LogP contribution in [0.2, 0.25) is 0 Å². The molecule has 1 saturated carbocycles. The molecule has 0 aromatic carbocycles. The lowest BCUT2D eigenvalue weighted by Crippen LogP contribution is -2.49. The van der Waals surface area contributed by atoms with Gasteiger partial charge in [0.25, 0.3) is 0 Å². The van der Waals surface area contributed by atoms with Crippen molar-refractivity contribution in [3.05, 3.63) is 0 Å². The molecule has 2 rings (SSSR count). The predicted molar refractivity (Wildman–Crippen MR) is 83.0 cm³/mol. The zero-order chi connectivity index (χ0) is 16.8. The second-order valence-corrected chi connectivity index (χ2v) is 6.58. The number of rotatable bonds is 6. The first-order valence-corrected chi connectivity index (χ1v) is 8.44. The van der Waals surface area contributed by atoms with E-state index in [1.165, 1.54) is 6.42 Å². The summed E-state index contributed by atoms with van der Waals surface area (Å²) in [4.78, 5) is 38.0. The van der Waals surface area contributed by atoms with Gasteiger partial charge in [-0.15, -0.1) is 0 Å². The minimum atomic E-state index is -0.909. The molecule has 23 heavy (non-hydrogen) atoms. The van der Waals surface area contributed by atoms with Crippen LogP contribution in [0.3, 0.4) is 0 Å². The standard InChI is InChI=1S/C16H26N2O5/c19-14(17-8-6-12(7-9-17)16(22)23)10-18(11-15(20)21)13-4-2-1-3-5-13/h12-13H,1-11H2,(H,20,21)(H,22,23). The van der Waals surface area contributed by atoms with E-state index >= 15 is 0 Å². The Bertz CT molecular complexity index is 440. The zero-order valence-corrected chi connectivity index (χ0v) is 13.4. The molecule has 1 saturated heterocycles. The molecule has 0 atom stereocenters. The van der Waals surface area contributed by atoms with Crippen molar-refractivity contribution in [2.75, 3.05) is 26.2 Å². The average molecular weight is 326 g/mol. The van der Waals surface area contributed by atoms with Gasteiger partial charge in [0.15, 0.2) is 0 Å². The van der Waals surface area contributed by atoms with E-state index in [1.807, 2.05) is 0 Å². The Kier molecular flexibility index (Phi) is 6.38. The quantitative estimate of drug-likeness (QED) is 0.756. The van der Waals surface area contributed by atoms with Gasteiger partial charge in [0, 0.05) is 19.1 Å². The highest BCUT2D eigenvalue weighted by atomic mass is 16.4. The van der Waals surface area contributed by atoms with Gasteiger partial charge in [-0.2, -0.15) is 0 Å². The lowest BCUT2D eigenvalue weighted by atomic mass is 9.94. The third kappa shape index (κ3) is 5.20. The van der Waals surface area contributed by atoms with Crippen molar-refractivity contribution in [3.63, 3.8) is 0 Å². The Labute approximate surface area is 136 Å². The maximum absolute atomic E-state index is 12.5. The van der Waals surface area contributed by atoms with E-state index in [9.17, 15) is 14.4 Å². The number of likely N-dealkylation sites (tertiary alicyclic amines) is 1. The molecule has 0 bridgehead atoms. The Balaban J connectivity index is 1.89. The fraction of sp³-hybridized carbons (Fsp3) is 0.812. The summed E-state index contributed by atoms with van der Waals surface area (Å²) >= 11 is 0. The van der Waals surface area contributed by atoms with Crippen molar-refractivity contribution in [1.82, 2.24) is 9.80 Å². The monoisotopic (exact) mass is 326 g/mol. The molecule has 2 fully saturated rings. The number of carboxylic acids is 2. The molecule has 0 spiro atoms. The Hall–Kier alpha value is -1.63. The maximum Gasteiger partial charge on any atom is 0.317 e. The van der Waals surface area contributed by atoms with Gasteiger partial charge >= 0.3 is 11.9 Å². The Morgan fingerprint density at radius 1 is 0.913 bits per heavy atom. The van der Waals surface area contributed by atoms with Gasteiger partial charge in [-0.3, -0.25) is 19.3 Å². The van der Waals surface area contributed by atoms with E-state index < -0.39 is 11.9 Å². The van der Waals surface area contributed by atoms with Crippen molar-refractivity contribution < 1.29 is 24.6 Å². The van der Waals surface area contributed by atoms with Crippen molar-refractivity contribution in [2.45, 2.75) is 51.0 Å². The fourth-order valence-corrected chi connectivity index (χ4v) is 3.58. The van der Waals surface area contributed by atoms with E-state index in [2.05, 4.69) is 0 Å². The highest BCUT2D eigenvalue weighted by Crippen LogP contribution is 2.23. The molecule has 0 aromatic rings. The minimum Gasteiger partial charge on any atom is -0.481 e. The molecule has 0 aromatic heterocycles. The number of hydrogen-bond acceptors (Lipinski definition) is 4. The predicted octanol–water partition coefficient (Wildman–Crippen LogP) is 1.03. The maximum atomic E-state index is 12.5. The van der Waals surface area contributed by atoms with Crippen molar-refractivity contribution >= 4 is 17.8 Å². The van der Waals surface area contributed by atoms with Crippen LogP contribution in [0, 0.1) is 5.92 Å². The van der Waals surface area contributed by atoms with Gasteiger partial charge in [0.05, 0.1) is 19.0 Å². The third-order valence-electron chi connectivity index (χ3n) is 4.96. The van der Waals surface area contributed by atoms with Gasteiger partial charge < -0.3 is 15.1 Å². The molecule has 0 unspecified atom stereocenters. The summed E-state index contributed by atoms with van der Waals surface area (Å²) in [5.41, 5.74) is 0. The first kappa shape index (κ1) is 17.7. The number of carbonyl (C=O) groups is 3. The molecular weight excluding hydrogens is 300 g/mol. The van der Waals surface area contributed by atoms with Crippen LogP contribution < -0.4 is 0 Å². The highest BCUT2D eigenvalue weighted by Gasteiger charge is 2.30. The number of carbonyl (C=O) groups excluding carboxylic acids is 1. The molecule has 2 aliphatic rings. The van der Waals surface area contributed by atoms with Crippen LogP contribution in [-0.2, 0) is 14.4 Å². The third-order valence-corrected chi connectivity index (χ3v) is 4.96. The number of carboxylic acid groups (broad SMARTS) is 2. The summed E-state index contributed by atoms with van der Waals surface area (Å²) in [6.45, 7) is 0.902. The number of piperidine rings is 1. The summed E-state index contributed by atoms with van der Waals surface area (Å²) in [5.74, 6) is -2.16. The lowest BCUT2D eigenvalue weighted by molar-refractivity contribution is -0.147. The zero-order valence-electron chi connectivity index (χ0n) is 13.4. The smallest absolute Gasteiger partial charge is 0.317 e. The van der Waals surface area contributed by atoms with Crippen LogP contribution in [0.15, 0.2) is 0 Å². The van der Waals surface area contributed by atoms with Crippen LogP contribution in [0.25, 0.3) is 0 Å². The second kappa shape index (κ2) is 8.29. The molecule has 1 aliphatic carbocycles. The first-order chi connectivity index (χ1) is 11.0. The van der Waals surface area contributed by atoms with E-state index in [1.54, 1.807) is 9.80 Å². The topological polar surface area (TPSA) is 98.2 Å². The summed E-state index contributed by atoms with van der Waals surface area (Å²) in [6.07, 6.45) is 6.18. The molecule has 1 amide bonds. The Morgan fingerprint density at radius 3 is 2.04 bits per heavy atom. The average Bonchev–Trinajstić information content (AvgIpc) is 2.54. The highest BCUT2D eigenvalue weighted by molar-refractivity contribution is 5.80. The molecule has 130 valence electrons. The second-order valence-electron chi connectivity index (χ2n) is 6.58. The van der Waals surface area contributed by atoms with Gasteiger partial charge in [-0.05, 0) is 25.7 Å². The van der Waals surface area contributed by atoms with Crippen molar-refractivity contribution in [1.29, 1.82) is 0 Å². The van der Waals surface area contributed by atoms with Gasteiger partial charge in [0.2, 0.25) is 5.91 Å². The van der Waals surface area contributed by atoms with Crippen molar-refractivity contribution in [3.8, 4) is 0 Å². The van der Waals surface area contributed by atoms with E-state index in [4.69, 9.17) is 10.2 Å². The van der Waals surface area contributed by atoms with Crippen LogP contribution in [0.1, 0.15) is 44.9 Å².